The molecule has 2 atom stereocenters. The van der Waals surface area contributed by atoms with Crippen molar-refractivity contribution in [3.8, 4) is 5.75 Å². The summed E-state index contributed by atoms with van der Waals surface area (Å²) in [6.45, 7) is 7.78. The summed E-state index contributed by atoms with van der Waals surface area (Å²) < 4.78 is 5.68. The van der Waals surface area contributed by atoms with Crippen molar-refractivity contribution in [3.05, 3.63) is 17.7 Å². The topological polar surface area (TPSA) is 27.7 Å². The molecule has 1 N–H and O–H groups in total. The van der Waals surface area contributed by atoms with Crippen LogP contribution in [0.15, 0.2) is 12.1 Å². The second-order valence-corrected chi connectivity index (χ2v) is 6.48. The highest BCUT2D eigenvalue weighted by atomic mass is 16.5. The van der Waals surface area contributed by atoms with Crippen molar-refractivity contribution < 1.29 is 4.74 Å². The van der Waals surface area contributed by atoms with Crippen LogP contribution in [0.25, 0.3) is 0 Å². The number of ether oxygens (including phenoxy) is 1. The normalized spacial score (nSPS) is 26.2. The first kappa shape index (κ1) is 14.5. The van der Waals surface area contributed by atoms with Crippen LogP contribution in [0, 0.1) is 0 Å². The van der Waals surface area contributed by atoms with Gasteiger partial charge in [-0.25, -0.2) is 0 Å². The maximum absolute atomic E-state index is 5.68. The van der Waals surface area contributed by atoms with E-state index in [0.717, 1.165) is 31.8 Å². The van der Waals surface area contributed by atoms with E-state index < -0.39 is 0 Å². The summed E-state index contributed by atoms with van der Waals surface area (Å²) >= 11 is 0. The van der Waals surface area contributed by atoms with Crippen molar-refractivity contribution in [2.75, 3.05) is 44.0 Å². The zero-order valence-electron chi connectivity index (χ0n) is 13.6. The predicted molar refractivity (Wildman–Crippen MR) is 88.7 cm³/mol. The van der Waals surface area contributed by atoms with Crippen LogP contribution in [0.4, 0.5) is 11.4 Å². The number of hydrogen-bond acceptors (Lipinski definition) is 4. The summed E-state index contributed by atoms with van der Waals surface area (Å²) in [5.41, 5.74) is 3.91. The Morgan fingerprint density at radius 2 is 1.90 bits per heavy atom. The summed E-state index contributed by atoms with van der Waals surface area (Å²) in [6, 6.07) is 5.63. The van der Waals surface area contributed by atoms with Crippen molar-refractivity contribution in [2.45, 2.75) is 38.8 Å². The lowest BCUT2D eigenvalue weighted by Gasteiger charge is -2.44. The van der Waals surface area contributed by atoms with Crippen LogP contribution in [-0.2, 0) is 6.42 Å². The van der Waals surface area contributed by atoms with Crippen molar-refractivity contribution >= 4 is 11.4 Å². The van der Waals surface area contributed by atoms with E-state index in [-0.39, 0.29) is 0 Å². The Morgan fingerprint density at radius 1 is 1.19 bits per heavy atom. The quantitative estimate of drug-likeness (QED) is 0.905. The zero-order valence-corrected chi connectivity index (χ0v) is 13.6. The SMILES string of the molecule is COc1cc2c(cc1N1CC(C)N(C)C(C)C1)NCCC2. The van der Waals surface area contributed by atoms with Gasteiger partial charge in [0.15, 0.2) is 0 Å². The van der Waals surface area contributed by atoms with Crippen LogP contribution in [0.5, 0.6) is 5.75 Å². The first-order chi connectivity index (χ1) is 10.1. The molecule has 0 saturated carbocycles. The highest BCUT2D eigenvalue weighted by Crippen LogP contribution is 2.37. The average molecular weight is 289 g/mol. The van der Waals surface area contributed by atoms with Gasteiger partial charge in [-0.1, -0.05) is 0 Å². The molecular weight excluding hydrogens is 262 g/mol. The molecule has 0 radical (unpaired) electrons. The standard InChI is InChI=1S/C17H27N3O/c1-12-10-20(11-13(2)19(12)3)16-9-15-14(6-5-7-18-15)8-17(16)21-4/h8-9,12-13,18H,5-7,10-11H2,1-4H3. The molecule has 4 heteroatoms. The third kappa shape index (κ3) is 2.69. The lowest BCUT2D eigenvalue weighted by molar-refractivity contribution is 0.169. The first-order valence-corrected chi connectivity index (χ1v) is 8.02. The van der Waals surface area contributed by atoms with Crippen LogP contribution in [0.2, 0.25) is 0 Å². The van der Waals surface area contributed by atoms with Crippen molar-refractivity contribution in [1.29, 1.82) is 0 Å². The summed E-state index contributed by atoms with van der Waals surface area (Å²) in [5.74, 6) is 1.02. The molecule has 1 saturated heterocycles. The summed E-state index contributed by atoms with van der Waals surface area (Å²) in [4.78, 5) is 4.93. The Hall–Kier alpha value is -1.42. The maximum atomic E-state index is 5.68. The molecule has 2 aliphatic rings. The minimum absolute atomic E-state index is 0.558. The van der Waals surface area contributed by atoms with Crippen molar-refractivity contribution in [2.24, 2.45) is 0 Å². The van der Waals surface area contributed by atoms with Gasteiger partial charge >= 0.3 is 0 Å². The van der Waals surface area contributed by atoms with Crippen LogP contribution in [0.3, 0.4) is 0 Å². The molecule has 4 nitrogen and oxygen atoms in total. The van der Waals surface area contributed by atoms with Crippen LogP contribution >= 0.6 is 0 Å². The third-order valence-corrected chi connectivity index (χ3v) is 5.04. The lowest BCUT2D eigenvalue weighted by Crippen LogP contribution is -2.55. The molecule has 0 amide bonds. The van der Waals surface area contributed by atoms with Gasteiger partial charge in [0.25, 0.3) is 0 Å². The summed E-state index contributed by atoms with van der Waals surface area (Å²) in [6.07, 6.45) is 2.35. The first-order valence-electron chi connectivity index (χ1n) is 8.02. The molecule has 116 valence electrons. The minimum Gasteiger partial charge on any atom is -0.495 e. The van der Waals surface area contributed by atoms with E-state index in [1.54, 1.807) is 7.11 Å². The molecule has 0 bridgehead atoms. The molecular formula is C17H27N3O. The van der Waals surface area contributed by atoms with Crippen molar-refractivity contribution in [3.63, 3.8) is 0 Å². The maximum Gasteiger partial charge on any atom is 0.142 e. The number of aryl methyl sites for hydroxylation is 1. The fraction of sp³-hybridized carbons (Fsp3) is 0.647. The van der Waals surface area contributed by atoms with Crippen LogP contribution < -0.4 is 15.0 Å². The van der Waals surface area contributed by atoms with Gasteiger partial charge in [-0.15, -0.1) is 0 Å². The van der Waals surface area contributed by atoms with Gasteiger partial charge in [-0.2, -0.15) is 0 Å². The number of benzene rings is 1. The predicted octanol–water partition coefficient (Wildman–Crippen LogP) is 2.58. The van der Waals surface area contributed by atoms with Crippen LogP contribution in [-0.4, -0.2) is 50.8 Å². The average Bonchev–Trinajstić information content (AvgIpc) is 2.50. The molecule has 21 heavy (non-hydrogen) atoms. The largest absolute Gasteiger partial charge is 0.495 e. The Labute approximate surface area is 128 Å². The van der Waals surface area contributed by atoms with E-state index in [1.165, 1.54) is 23.4 Å². The highest BCUT2D eigenvalue weighted by molar-refractivity contribution is 5.70. The second-order valence-electron chi connectivity index (χ2n) is 6.48. The van der Waals surface area contributed by atoms with Gasteiger partial charge in [0.1, 0.15) is 5.75 Å². The highest BCUT2D eigenvalue weighted by Gasteiger charge is 2.28. The molecule has 0 aliphatic carbocycles. The Morgan fingerprint density at radius 3 is 2.57 bits per heavy atom. The van der Waals surface area contributed by atoms with E-state index >= 15 is 0 Å². The molecule has 1 fully saturated rings. The van der Waals surface area contributed by atoms with Gasteiger partial charge in [0.05, 0.1) is 12.8 Å². The minimum atomic E-state index is 0.558. The van der Waals surface area contributed by atoms with Crippen LogP contribution in [0.1, 0.15) is 25.8 Å². The molecule has 1 aromatic carbocycles. The zero-order chi connectivity index (χ0) is 15.0. The number of piperazine rings is 1. The smallest absolute Gasteiger partial charge is 0.142 e. The molecule has 0 aromatic heterocycles. The number of anilines is 2. The number of fused-ring (bicyclic) bond motifs is 1. The number of nitrogens with zero attached hydrogens (tertiary/aromatic N) is 2. The molecule has 2 unspecified atom stereocenters. The molecule has 0 spiro atoms. The number of rotatable bonds is 2. The molecule has 2 aliphatic heterocycles. The number of methoxy groups -OCH3 is 1. The van der Waals surface area contributed by atoms with E-state index in [4.69, 9.17) is 4.74 Å². The summed E-state index contributed by atoms with van der Waals surface area (Å²) in [7, 11) is 4.00. The van der Waals surface area contributed by atoms with E-state index in [9.17, 15) is 0 Å². The van der Waals surface area contributed by atoms with Gasteiger partial charge in [-0.05, 0) is 51.4 Å². The lowest BCUT2D eigenvalue weighted by atomic mass is 10.0. The van der Waals surface area contributed by atoms with Gasteiger partial charge in [0, 0.05) is 37.4 Å². The fourth-order valence-electron chi connectivity index (χ4n) is 3.50. The van der Waals surface area contributed by atoms with Gasteiger partial charge in [0.2, 0.25) is 0 Å². The Kier molecular flexibility index (Phi) is 3.98. The second kappa shape index (κ2) is 5.76. The van der Waals surface area contributed by atoms with E-state index in [2.05, 4.69) is 48.1 Å². The number of likely N-dealkylation sites (N-methyl/N-ethyl adjacent to an activating group) is 1. The third-order valence-electron chi connectivity index (χ3n) is 5.04. The molecule has 2 heterocycles. The molecule has 1 aromatic rings. The Bertz CT molecular complexity index is 505. The van der Waals surface area contributed by atoms with E-state index in [1.807, 2.05) is 0 Å². The fourth-order valence-corrected chi connectivity index (χ4v) is 3.50. The molecule has 3 rings (SSSR count). The number of nitrogens with one attached hydrogen (secondary N) is 1. The van der Waals surface area contributed by atoms with E-state index in [0.29, 0.717) is 12.1 Å². The van der Waals surface area contributed by atoms with Gasteiger partial charge in [-0.3, -0.25) is 4.90 Å². The van der Waals surface area contributed by atoms with Crippen molar-refractivity contribution in [1.82, 2.24) is 4.90 Å². The number of hydrogen-bond donors (Lipinski definition) is 1. The monoisotopic (exact) mass is 289 g/mol. The summed E-state index contributed by atoms with van der Waals surface area (Å²) in [5, 5.41) is 3.53. The van der Waals surface area contributed by atoms with Gasteiger partial charge < -0.3 is 15.0 Å². The Balaban J connectivity index is 1.93.